The average molecular weight is 255 g/mol. The minimum absolute atomic E-state index is 0.205. The fourth-order valence-electron chi connectivity index (χ4n) is 1.86. The summed E-state index contributed by atoms with van der Waals surface area (Å²) in [5, 5.41) is 2.71. The highest BCUT2D eigenvalue weighted by Gasteiger charge is 2.38. The van der Waals surface area contributed by atoms with E-state index in [0.717, 1.165) is 0 Å². The third-order valence-corrected chi connectivity index (χ3v) is 2.69. The van der Waals surface area contributed by atoms with Crippen molar-refractivity contribution in [2.45, 2.75) is 45.8 Å². The van der Waals surface area contributed by atoms with Crippen molar-refractivity contribution in [3.8, 4) is 0 Å². The first-order chi connectivity index (χ1) is 8.16. The number of methoxy groups -OCH3 is 1. The number of carbonyl (C=O) groups is 2. The minimum Gasteiger partial charge on any atom is -0.468 e. The first kappa shape index (κ1) is 14.5. The number of ether oxygens (including phenoxy) is 2. The number of hydrogen-bond donors (Lipinski definition) is 1. The fraction of sp³-hybridized carbons (Fsp3) is 0.692. The monoisotopic (exact) mass is 255 g/mol. The molecule has 0 aromatic rings. The van der Waals surface area contributed by atoms with E-state index in [4.69, 9.17) is 9.47 Å². The van der Waals surface area contributed by atoms with E-state index in [1.165, 1.54) is 7.11 Å². The molecule has 5 nitrogen and oxygen atoms in total. The maximum atomic E-state index is 11.6. The first-order valence-corrected chi connectivity index (χ1v) is 5.93. The van der Waals surface area contributed by atoms with Crippen molar-refractivity contribution in [2.75, 3.05) is 7.11 Å². The molecule has 0 aromatic heterocycles. The molecule has 1 N–H and O–H groups in total. The molecular formula is C13H21NO4. The largest absolute Gasteiger partial charge is 0.468 e. The van der Waals surface area contributed by atoms with Gasteiger partial charge < -0.3 is 14.8 Å². The summed E-state index contributed by atoms with van der Waals surface area (Å²) in [4.78, 5) is 23.2. The third-order valence-electron chi connectivity index (χ3n) is 2.69. The van der Waals surface area contributed by atoms with Crippen molar-refractivity contribution in [3.05, 3.63) is 12.2 Å². The van der Waals surface area contributed by atoms with Gasteiger partial charge in [-0.2, -0.15) is 0 Å². The van der Waals surface area contributed by atoms with E-state index in [9.17, 15) is 9.59 Å². The summed E-state index contributed by atoms with van der Waals surface area (Å²) in [7, 11) is 1.36. The molecule has 102 valence electrons. The van der Waals surface area contributed by atoms with Crippen molar-refractivity contribution in [3.63, 3.8) is 0 Å². The van der Waals surface area contributed by atoms with Crippen LogP contribution in [0.1, 0.15) is 34.1 Å². The number of alkyl carbamates (subject to hydrolysis) is 1. The maximum absolute atomic E-state index is 11.6. The second-order valence-electron chi connectivity index (χ2n) is 5.73. The molecule has 0 saturated carbocycles. The number of amides is 1. The lowest BCUT2D eigenvalue weighted by molar-refractivity contribution is -0.149. The predicted molar refractivity (Wildman–Crippen MR) is 67.0 cm³/mol. The lowest BCUT2D eigenvalue weighted by Gasteiger charge is -2.23. The van der Waals surface area contributed by atoms with Crippen LogP contribution in [-0.4, -0.2) is 30.8 Å². The highest BCUT2D eigenvalue weighted by atomic mass is 16.6. The van der Waals surface area contributed by atoms with Crippen LogP contribution in [-0.2, 0) is 14.3 Å². The SMILES string of the molecule is COC(=O)[C@@]1(C)C=C[C@H](NC(=O)OC(C)(C)C)C1. The Morgan fingerprint density at radius 1 is 1.39 bits per heavy atom. The smallest absolute Gasteiger partial charge is 0.408 e. The predicted octanol–water partition coefficient (Wildman–Crippen LogP) is 2.02. The van der Waals surface area contributed by atoms with Crippen LogP contribution in [0.15, 0.2) is 12.2 Å². The van der Waals surface area contributed by atoms with Gasteiger partial charge in [-0.25, -0.2) is 4.79 Å². The van der Waals surface area contributed by atoms with Crippen molar-refractivity contribution in [2.24, 2.45) is 5.41 Å². The van der Waals surface area contributed by atoms with Gasteiger partial charge in [0.15, 0.2) is 0 Å². The molecule has 0 bridgehead atoms. The van der Waals surface area contributed by atoms with Crippen molar-refractivity contribution in [1.29, 1.82) is 0 Å². The number of carbonyl (C=O) groups excluding carboxylic acids is 2. The molecule has 0 aliphatic heterocycles. The van der Waals surface area contributed by atoms with E-state index >= 15 is 0 Å². The molecular weight excluding hydrogens is 234 g/mol. The Balaban J connectivity index is 2.52. The van der Waals surface area contributed by atoms with Gasteiger partial charge in [0.2, 0.25) is 0 Å². The van der Waals surface area contributed by atoms with E-state index in [0.29, 0.717) is 6.42 Å². The molecule has 1 amide bonds. The Bertz CT molecular complexity index is 370. The van der Waals surface area contributed by atoms with Crippen LogP contribution in [0.25, 0.3) is 0 Å². The van der Waals surface area contributed by atoms with Crippen LogP contribution in [0.2, 0.25) is 0 Å². The van der Waals surface area contributed by atoms with Crippen LogP contribution in [0.4, 0.5) is 4.79 Å². The Labute approximate surface area is 108 Å². The second-order valence-corrected chi connectivity index (χ2v) is 5.73. The van der Waals surface area contributed by atoms with Gasteiger partial charge in [0.05, 0.1) is 18.6 Å². The van der Waals surface area contributed by atoms with Gasteiger partial charge in [0.25, 0.3) is 0 Å². The lowest BCUT2D eigenvalue weighted by atomic mass is 9.89. The summed E-state index contributed by atoms with van der Waals surface area (Å²) in [5.74, 6) is -0.299. The number of esters is 1. The summed E-state index contributed by atoms with van der Waals surface area (Å²) in [5.41, 5.74) is -1.20. The van der Waals surface area contributed by atoms with Gasteiger partial charge in [-0.15, -0.1) is 0 Å². The quantitative estimate of drug-likeness (QED) is 0.605. The van der Waals surface area contributed by atoms with E-state index in [1.807, 2.05) is 0 Å². The molecule has 1 rings (SSSR count). The fourth-order valence-corrected chi connectivity index (χ4v) is 1.86. The van der Waals surface area contributed by atoms with Gasteiger partial charge in [0, 0.05) is 0 Å². The molecule has 0 heterocycles. The first-order valence-electron chi connectivity index (χ1n) is 5.93. The zero-order valence-electron chi connectivity index (χ0n) is 11.6. The molecule has 2 atom stereocenters. The second kappa shape index (κ2) is 5.00. The average Bonchev–Trinajstić information content (AvgIpc) is 2.57. The Morgan fingerprint density at radius 2 is 2.00 bits per heavy atom. The summed E-state index contributed by atoms with van der Waals surface area (Å²) < 4.78 is 9.89. The molecule has 5 heteroatoms. The normalized spacial score (nSPS) is 26.8. The molecule has 0 aromatic carbocycles. The molecule has 0 unspecified atom stereocenters. The Hall–Kier alpha value is -1.52. The molecule has 18 heavy (non-hydrogen) atoms. The van der Waals surface area contributed by atoms with Gasteiger partial charge in [-0.1, -0.05) is 12.2 Å². The van der Waals surface area contributed by atoms with Gasteiger partial charge in [0.1, 0.15) is 5.60 Å². The van der Waals surface area contributed by atoms with Gasteiger partial charge in [-0.3, -0.25) is 4.79 Å². The zero-order chi connectivity index (χ0) is 14.0. The lowest BCUT2D eigenvalue weighted by Crippen LogP contribution is -2.39. The molecule has 0 spiro atoms. The van der Waals surface area contributed by atoms with Gasteiger partial charge in [-0.05, 0) is 34.1 Å². The highest BCUT2D eigenvalue weighted by Crippen LogP contribution is 2.32. The van der Waals surface area contributed by atoms with Crippen LogP contribution in [0.3, 0.4) is 0 Å². The number of rotatable bonds is 2. The van der Waals surface area contributed by atoms with Crippen LogP contribution < -0.4 is 5.32 Å². The van der Waals surface area contributed by atoms with Crippen molar-refractivity contribution >= 4 is 12.1 Å². The van der Waals surface area contributed by atoms with Crippen molar-refractivity contribution < 1.29 is 19.1 Å². The summed E-state index contributed by atoms with van der Waals surface area (Å²) in [6, 6.07) is -0.205. The topological polar surface area (TPSA) is 64.6 Å². The third kappa shape index (κ3) is 3.75. The molecule has 0 radical (unpaired) electrons. The van der Waals surface area contributed by atoms with Gasteiger partial charge >= 0.3 is 12.1 Å². The van der Waals surface area contributed by atoms with Crippen LogP contribution in [0.5, 0.6) is 0 Å². The summed E-state index contributed by atoms with van der Waals surface area (Å²) in [6.07, 6.45) is 3.56. The molecule has 0 fully saturated rings. The zero-order valence-corrected chi connectivity index (χ0v) is 11.6. The van der Waals surface area contributed by atoms with Crippen molar-refractivity contribution in [1.82, 2.24) is 5.32 Å². The number of hydrogen-bond acceptors (Lipinski definition) is 4. The van der Waals surface area contributed by atoms with Crippen LogP contribution in [0, 0.1) is 5.41 Å². The highest BCUT2D eigenvalue weighted by molar-refractivity contribution is 5.80. The van der Waals surface area contributed by atoms with E-state index in [2.05, 4.69) is 5.32 Å². The number of nitrogens with one attached hydrogen (secondary N) is 1. The van der Waals surface area contributed by atoms with E-state index < -0.39 is 17.1 Å². The maximum Gasteiger partial charge on any atom is 0.408 e. The molecule has 0 saturated heterocycles. The summed E-state index contributed by atoms with van der Waals surface area (Å²) >= 11 is 0. The Kier molecular flexibility index (Phi) is 4.04. The molecule has 1 aliphatic carbocycles. The Morgan fingerprint density at radius 3 is 2.50 bits per heavy atom. The molecule has 1 aliphatic rings. The van der Waals surface area contributed by atoms with E-state index in [-0.39, 0.29) is 12.0 Å². The minimum atomic E-state index is -0.672. The summed E-state index contributed by atoms with van der Waals surface area (Å²) in [6.45, 7) is 7.19. The van der Waals surface area contributed by atoms with E-state index in [1.54, 1.807) is 39.8 Å². The van der Waals surface area contributed by atoms with Crippen LogP contribution >= 0.6 is 0 Å². The standard InChI is InChI=1S/C13H21NO4/c1-12(2,3)18-11(16)14-9-6-7-13(4,8-9)10(15)17-5/h6-7,9H,8H2,1-5H3,(H,14,16)/t9-,13-/m0/s1.